The Kier molecular flexibility index (Phi) is 4.95. The molecule has 136 valence electrons. The molecule has 0 unspecified atom stereocenters. The van der Waals surface area contributed by atoms with E-state index in [9.17, 15) is 4.79 Å². The maximum Gasteiger partial charge on any atom is 0.226 e. The van der Waals surface area contributed by atoms with Crippen molar-refractivity contribution in [2.24, 2.45) is 5.92 Å². The molecule has 0 atom stereocenters. The van der Waals surface area contributed by atoms with Crippen LogP contribution in [0.3, 0.4) is 0 Å². The van der Waals surface area contributed by atoms with Gasteiger partial charge in [-0.25, -0.2) is 14.6 Å². The van der Waals surface area contributed by atoms with E-state index in [1.54, 1.807) is 10.9 Å². The van der Waals surface area contributed by atoms with Crippen LogP contribution in [0.1, 0.15) is 32.1 Å². The molecule has 0 saturated carbocycles. The SMILES string of the molecule is O=C(NCCC1=CCCCC1)C1CN(c2cc(-n3cccn3)ncn2)C1. The highest BCUT2D eigenvalue weighted by Crippen LogP contribution is 2.24. The quantitative estimate of drug-likeness (QED) is 0.806. The summed E-state index contributed by atoms with van der Waals surface area (Å²) in [5, 5.41) is 7.27. The lowest BCUT2D eigenvalue weighted by Crippen LogP contribution is -2.54. The fourth-order valence-corrected chi connectivity index (χ4v) is 3.49. The third-order valence-electron chi connectivity index (χ3n) is 5.08. The lowest BCUT2D eigenvalue weighted by molar-refractivity contribution is -0.125. The largest absolute Gasteiger partial charge is 0.355 e. The number of aromatic nitrogens is 4. The van der Waals surface area contributed by atoms with Crippen molar-refractivity contribution in [2.45, 2.75) is 32.1 Å². The lowest BCUT2D eigenvalue weighted by Gasteiger charge is -2.39. The molecule has 4 rings (SSSR count). The van der Waals surface area contributed by atoms with E-state index >= 15 is 0 Å². The van der Waals surface area contributed by atoms with Gasteiger partial charge in [0.1, 0.15) is 12.1 Å². The molecular weight excluding hydrogens is 328 g/mol. The van der Waals surface area contributed by atoms with Gasteiger partial charge in [-0.2, -0.15) is 5.10 Å². The van der Waals surface area contributed by atoms with Crippen LogP contribution in [0.5, 0.6) is 0 Å². The standard InChI is InChI=1S/C19H24N6O/c26-19(20-9-7-15-5-2-1-3-6-15)16-12-24(13-16)17-11-18(22-14-21-17)25-10-4-8-23-25/h4-5,8,10-11,14,16H,1-3,6-7,9,12-13H2,(H,20,26). The number of anilines is 1. The fraction of sp³-hybridized carbons (Fsp3) is 0.474. The second kappa shape index (κ2) is 7.68. The van der Waals surface area contributed by atoms with E-state index in [0.29, 0.717) is 13.1 Å². The fourth-order valence-electron chi connectivity index (χ4n) is 3.49. The third kappa shape index (κ3) is 3.76. The van der Waals surface area contributed by atoms with Crippen LogP contribution < -0.4 is 10.2 Å². The zero-order valence-electron chi connectivity index (χ0n) is 14.8. The van der Waals surface area contributed by atoms with E-state index in [0.717, 1.165) is 24.6 Å². The van der Waals surface area contributed by atoms with E-state index in [4.69, 9.17) is 0 Å². The minimum absolute atomic E-state index is 0.0402. The normalized spacial score (nSPS) is 17.5. The van der Waals surface area contributed by atoms with Gasteiger partial charge in [0.15, 0.2) is 5.82 Å². The van der Waals surface area contributed by atoms with Gasteiger partial charge in [0.25, 0.3) is 0 Å². The minimum atomic E-state index is 0.0402. The van der Waals surface area contributed by atoms with Crippen molar-refractivity contribution < 1.29 is 4.79 Å². The van der Waals surface area contributed by atoms with Gasteiger partial charge in [-0.3, -0.25) is 4.79 Å². The smallest absolute Gasteiger partial charge is 0.226 e. The molecular formula is C19H24N6O. The Morgan fingerprint density at radius 2 is 2.12 bits per heavy atom. The van der Waals surface area contributed by atoms with Gasteiger partial charge < -0.3 is 10.2 Å². The van der Waals surface area contributed by atoms with Crippen LogP contribution >= 0.6 is 0 Å². The Bertz CT molecular complexity index is 779. The summed E-state index contributed by atoms with van der Waals surface area (Å²) in [4.78, 5) is 23.0. The highest BCUT2D eigenvalue weighted by atomic mass is 16.2. The van der Waals surface area contributed by atoms with Crippen molar-refractivity contribution in [2.75, 3.05) is 24.5 Å². The predicted molar refractivity (Wildman–Crippen MR) is 99.0 cm³/mol. The Morgan fingerprint density at radius 3 is 2.88 bits per heavy atom. The Balaban J connectivity index is 1.25. The first-order chi connectivity index (χ1) is 12.8. The molecule has 7 heteroatoms. The first-order valence-corrected chi connectivity index (χ1v) is 9.32. The van der Waals surface area contributed by atoms with Gasteiger partial charge in [0.2, 0.25) is 5.91 Å². The Morgan fingerprint density at radius 1 is 1.23 bits per heavy atom. The topological polar surface area (TPSA) is 75.9 Å². The number of nitrogens with one attached hydrogen (secondary N) is 1. The second-order valence-corrected chi connectivity index (χ2v) is 6.94. The average molecular weight is 352 g/mol. The molecule has 1 saturated heterocycles. The Hall–Kier alpha value is -2.70. The average Bonchev–Trinajstić information content (AvgIpc) is 3.16. The molecule has 26 heavy (non-hydrogen) atoms. The van der Waals surface area contributed by atoms with Crippen LogP contribution in [-0.4, -0.2) is 45.3 Å². The van der Waals surface area contributed by atoms with Crippen molar-refractivity contribution in [3.8, 4) is 5.82 Å². The van der Waals surface area contributed by atoms with Crippen LogP contribution in [0.25, 0.3) is 5.82 Å². The maximum absolute atomic E-state index is 12.3. The van der Waals surface area contributed by atoms with E-state index in [1.165, 1.54) is 37.6 Å². The molecule has 1 fully saturated rings. The monoisotopic (exact) mass is 352 g/mol. The number of hydrogen-bond acceptors (Lipinski definition) is 5. The number of rotatable bonds is 6. The van der Waals surface area contributed by atoms with Crippen LogP contribution in [0.4, 0.5) is 5.82 Å². The first-order valence-electron chi connectivity index (χ1n) is 9.32. The zero-order chi connectivity index (χ0) is 17.8. The summed E-state index contributed by atoms with van der Waals surface area (Å²) in [6, 6.07) is 3.76. The van der Waals surface area contributed by atoms with Crippen molar-refractivity contribution in [3.63, 3.8) is 0 Å². The van der Waals surface area contributed by atoms with Gasteiger partial charge in [0.05, 0.1) is 5.92 Å². The van der Waals surface area contributed by atoms with Crippen LogP contribution in [0.2, 0.25) is 0 Å². The maximum atomic E-state index is 12.3. The van der Waals surface area contributed by atoms with Crippen molar-refractivity contribution in [1.29, 1.82) is 0 Å². The van der Waals surface area contributed by atoms with E-state index < -0.39 is 0 Å². The number of carbonyl (C=O) groups excluding carboxylic acids is 1. The number of hydrogen-bond donors (Lipinski definition) is 1. The lowest BCUT2D eigenvalue weighted by atomic mass is 9.96. The molecule has 2 aromatic heterocycles. The summed E-state index contributed by atoms with van der Waals surface area (Å²) >= 11 is 0. The van der Waals surface area contributed by atoms with Crippen LogP contribution in [0, 0.1) is 5.92 Å². The third-order valence-corrected chi connectivity index (χ3v) is 5.08. The van der Waals surface area contributed by atoms with Gasteiger partial charge in [0, 0.05) is 38.1 Å². The second-order valence-electron chi connectivity index (χ2n) is 6.94. The summed E-state index contributed by atoms with van der Waals surface area (Å²) in [5.41, 5.74) is 1.50. The summed E-state index contributed by atoms with van der Waals surface area (Å²) in [6.45, 7) is 2.15. The molecule has 7 nitrogen and oxygen atoms in total. The molecule has 0 aromatic carbocycles. The molecule has 0 spiro atoms. The summed E-state index contributed by atoms with van der Waals surface area (Å²) in [7, 11) is 0. The molecule has 0 radical (unpaired) electrons. The molecule has 1 aliphatic carbocycles. The van der Waals surface area contributed by atoms with Gasteiger partial charge in [-0.15, -0.1) is 0 Å². The molecule has 3 heterocycles. The van der Waals surface area contributed by atoms with Crippen molar-refractivity contribution in [1.82, 2.24) is 25.1 Å². The predicted octanol–water partition coefficient (Wildman–Crippen LogP) is 2.11. The van der Waals surface area contributed by atoms with E-state index in [1.807, 2.05) is 18.3 Å². The summed E-state index contributed by atoms with van der Waals surface area (Å²) in [6.07, 6.45) is 13.4. The van der Waals surface area contributed by atoms with E-state index in [2.05, 4.69) is 31.4 Å². The minimum Gasteiger partial charge on any atom is -0.355 e. The highest BCUT2D eigenvalue weighted by Gasteiger charge is 2.33. The zero-order valence-corrected chi connectivity index (χ0v) is 14.8. The summed E-state index contributed by atoms with van der Waals surface area (Å²) in [5.74, 6) is 1.76. The van der Waals surface area contributed by atoms with Crippen molar-refractivity contribution in [3.05, 3.63) is 42.5 Å². The number of carbonyl (C=O) groups is 1. The van der Waals surface area contributed by atoms with Gasteiger partial charge in [-0.05, 0) is 38.2 Å². The molecule has 1 amide bonds. The van der Waals surface area contributed by atoms with Crippen LogP contribution in [-0.2, 0) is 4.79 Å². The molecule has 1 aliphatic heterocycles. The number of amides is 1. The van der Waals surface area contributed by atoms with Crippen molar-refractivity contribution >= 4 is 11.7 Å². The number of allylic oxidation sites excluding steroid dienone is 1. The molecule has 0 bridgehead atoms. The molecule has 2 aliphatic rings. The van der Waals surface area contributed by atoms with Gasteiger partial charge >= 0.3 is 0 Å². The molecule has 1 N–H and O–H groups in total. The Labute approximate surface area is 153 Å². The number of nitrogens with zero attached hydrogens (tertiary/aromatic N) is 5. The van der Waals surface area contributed by atoms with Crippen LogP contribution in [0.15, 0.2) is 42.5 Å². The van der Waals surface area contributed by atoms with Gasteiger partial charge in [-0.1, -0.05) is 11.6 Å². The summed E-state index contributed by atoms with van der Waals surface area (Å²) < 4.78 is 1.70. The van der Waals surface area contributed by atoms with E-state index in [-0.39, 0.29) is 11.8 Å². The highest BCUT2D eigenvalue weighted by molar-refractivity contribution is 5.81. The first kappa shape index (κ1) is 16.8. The molecule has 2 aromatic rings.